The van der Waals surface area contributed by atoms with Gasteiger partial charge in [0.25, 0.3) is 5.91 Å². The highest BCUT2D eigenvalue weighted by Gasteiger charge is 2.50. The molecule has 5 nitrogen and oxygen atoms in total. The number of hydrogen-bond acceptors (Lipinski definition) is 4. The van der Waals surface area contributed by atoms with Gasteiger partial charge >= 0.3 is 0 Å². The van der Waals surface area contributed by atoms with Crippen LogP contribution in [0.15, 0.2) is 42.5 Å². The number of carbonyl (C=O) groups is 2. The Bertz CT molecular complexity index is 870. The third-order valence-corrected chi connectivity index (χ3v) is 4.74. The summed E-state index contributed by atoms with van der Waals surface area (Å²) >= 11 is 11.9. The zero-order valence-corrected chi connectivity index (χ0v) is 15.5. The van der Waals surface area contributed by atoms with E-state index >= 15 is 0 Å². The molecular formula is C19H17Cl2NO4. The second kappa shape index (κ2) is 7.27. The molecule has 0 spiro atoms. The summed E-state index contributed by atoms with van der Waals surface area (Å²) < 4.78 is 5.63. The fourth-order valence-corrected chi connectivity index (χ4v) is 3.56. The van der Waals surface area contributed by atoms with Gasteiger partial charge in [-0.2, -0.15) is 0 Å². The molecule has 2 aromatic rings. The van der Waals surface area contributed by atoms with E-state index in [4.69, 9.17) is 27.9 Å². The van der Waals surface area contributed by atoms with E-state index in [1.54, 1.807) is 42.5 Å². The molecule has 1 N–H and O–H groups in total. The number of rotatable bonds is 6. The average Bonchev–Trinajstić information content (AvgIpc) is 2.78. The molecule has 0 fully saturated rings. The van der Waals surface area contributed by atoms with Gasteiger partial charge in [-0.15, -0.1) is 0 Å². The molecular weight excluding hydrogens is 377 g/mol. The molecule has 0 bridgehead atoms. The lowest BCUT2D eigenvalue weighted by Crippen LogP contribution is -2.43. The van der Waals surface area contributed by atoms with E-state index in [0.29, 0.717) is 27.0 Å². The Morgan fingerprint density at radius 3 is 2.65 bits per heavy atom. The van der Waals surface area contributed by atoms with Gasteiger partial charge < -0.3 is 14.7 Å². The topological polar surface area (TPSA) is 66.8 Å². The van der Waals surface area contributed by atoms with Gasteiger partial charge in [0.2, 0.25) is 0 Å². The van der Waals surface area contributed by atoms with Crippen LogP contribution in [-0.4, -0.2) is 29.9 Å². The molecule has 2 aromatic carbocycles. The second-order valence-corrected chi connectivity index (χ2v) is 6.98. The standard InChI is InChI=1S/C19H17Cl2NO4/c1-12(23)11-19(25)14-4-2-3-5-16(14)22(18(19)24)8-9-26-17-7-6-13(20)10-15(17)21/h2-7,10,25H,8-9,11H2,1H3/t19-/m1/s1. The van der Waals surface area contributed by atoms with E-state index in [0.717, 1.165) is 0 Å². The number of amides is 1. The zero-order chi connectivity index (χ0) is 18.9. The summed E-state index contributed by atoms with van der Waals surface area (Å²) in [6, 6.07) is 11.8. The number of anilines is 1. The van der Waals surface area contributed by atoms with E-state index < -0.39 is 11.5 Å². The first-order chi connectivity index (χ1) is 12.3. The molecule has 1 atom stereocenters. The van der Waals surface area contributed by atoms with Gasteiger partial charge in [0.05, 0.1) is 17.3 Å². The third-order valence-electron chi connectivity index (χ3n) is 4.21. The van der Waals surface area contributed by atoms with Crippen LogP contribution in [0.25, 0.3) is 0 Å². The molecule has 1 aliphatic heterocycles. The number of Topliss-reactive ketones (excluding diaryl/α,β-unsaturated/α-hetero) is 1. The largest absolute Gasteiger partial charge is 0.490 e. The average molecular weight is 394 g/mol. The minimum absolute atomic E-state index is 0.164. The van der Waals surface area contributed by atoms with Crippen molar-refractivity contribution in [2.24, 2.45) is 0 Å². The quantitative estimate of drug-likeness (QED) is 0.814. The van der Waals surface area contributed by atoms with Gasteiger partial charge in [0.1, 0.15) is 18.1 Å². The van der Waals surface area contributed by atoms with Crippen LogP contribution >= 0.6 is 23.2 Å². The van der Waals surface area contributed by atoms with Crippen molar-refractivity contribution in [1.29, 1.82) is 0 Å². The van der Waals surface area contributed by atoms with Crippen molar-refractivity contribution < 1.29 is 19.4 Å². The zero-order valence-electron chi connectivity index (χ0n) is 14.0. The van der Waals surface area contributed by atoms with Gasteiger partial charge in [0.15, 0.2) is 5.60 Å². The number of nitrogens with zero attached hydrogens (tertiary/aromatic N) is 1. The van der Waals surface area contributed by atoms with Crippen molar-refractivity contribution in [1.82, 2.24) is 0 Å². The molecule has 0 radical (unpaired) electrons. The van der Waals surface area contributed by atoms with Crippen LogP contribution in [0, 0.1) is 0 Å². The number of benzene rings is 2. The molecule has 0 aliphatic carbocycles. The van der Waals surface area contributed by atoms with Gasteiger partial charge in [-0.3, -0.25) is 9.59 Å². The van der Waals surface area contributed by atoms with Gasteiger partial charge in [0, 0.05) is 17.0 Å². The van der Waals surface area contributed by atoms with Gasteiger partial charge in [-0.25, -0.2) is 0 Å². The first-order valence-electron chi connectivity index (χ1n) is 8.04. The smallest absolute Gasteiger partial charge is 0.264 e. The van der Waals surface area contributed by atoms with E-state index in [1.165, 1.54) is 11.8 Å². The van der Waals surface area contributed by atoms with E-state index in [2.05, 4.69) is 0 Å². The normalized spacial score (nSPS) is 18.8. The van der Waals surface area contributed by atoms with Crippen molar-refractivity contribution in [3.63, 3.8) is 0 Å². The summed E-state index contributed by atoms with van der Waals surface area (Å²) in [7, 11) is 0. The Kier molecular flexibility index (Phi) is 5.23. The Morgan fingerprint density at radius 2 is 1.96 bits per heavy atom. The number of para-hydroxylation sites is 1. The Morgan fingerprint density at radius 1 is 1.23 bits per heavy atom. The lowest BCUT2D eigenvalue weighted by Gasteiger charge is -2.22. The van der Waals surface area contributed by atoms with E-state index in [-0.39, 0.29) is 25.4 Å². The van der Waals surface area contributed by atoms with Crippen molar-refractivity contribution in [2.45, 2.75) is 18.9 Å². The lowest BCUT2D eigenvalue weighted by molar-refractivity contribution is -0.141. The highest BCUT2D eigenvalue weighted by atomic mass is 35.5. The first-order valence-corrected chi connectivity index (χ1v) is 8.79. The second-order valence-electron chi connectivity index (χ2n) is 6.14. The molecule has 0 saturated carbocycles. The number of ether oxygens (including phenoxy) is 1. The molecule has 136 valence electrons. The fraction of sp³-hybridized carbons (Fsp3) is 0.263. The summed E-state index contributed by atoms with van der Waals surface area (Å²) in [6.45, 7) is 1.72. The molecule has 1 amide bonds. The number of carbonyl (C=O) groups excluding carboxylic acids is 2. The maximum atomic E-state index is 12.8. The SMILES string of the molecule is CC(=O)C[C@]1(O)C(=O)N(CCOc2ccc(Cl)cc2Cl)c2ccccc21. The summed E-state index contributed by atoms with van der Waals surface area (Å²) in [6.07, 6.45) is -0.261. The number of hydrogen-bond donors (Lipinski definition) is 1. The molecule has 0 saturated heterocycles. The van der Waals surface area contributed by atoms with Crippen LogP contribution in [0.2, 0.25) is 10.0 Å². The summed E-state index contributed by atoms with van der Waals surface area (Å²) in [5, 5.41) is 11.7. The van der Waals surface area contributed by atoms with Crippen LogP contribution in [0.1, 0.15) is 18.9 Å². The van der Waals surface area contributed by atoms with Crippen LogP contribution < -0.4 is 9.64 Å². The highest BCUT2D eigenvalue weighted by Crippen LogP contribution is 2.42. The lowest BCUT2D eigenvalue weighted by atomic mass is 9.90. The first kappa shape index (κ1) is 18.7. The Labute approximate surface area is 161 Å². The summed E-state index contributed by atoms with van der Waals surface area (Å²) in [5.41, 5.74) is -0.822. The molecule has 0 aromatic heterocycles. The number of ketones is 1. The molecule has 7 heteroatoms. The molecule has 1 aliphatic rings. The summed E-state index contributed by atoms with van der Waals surface area (Å²) in [5.74, 6) is -0.337. The van der Waals surface area contributed by atoms with Crippen LogP contribution in [0.3, 0.4) is 0 Å². The Hall–Kier alpha value is -2.08. The predicted octanol–water partition coefficient (Wildman–Crippen LogP) is 3.59. The van der Waals surface area contributed by atoms with E-state index in [1.807, 2.05) is 0 Å². The van der Waals surface area contributed by atoms with Crippen molar-refractivity contribution in [3.8, 4) is 5.75 Å². The van der Waals surface area contributed by atoms with Crippen LogP contribution in [0.5, 0.6) is 5.75 Å². The number of halogens is 2. The number of aliphatic hydroxyl groups is 1. The molecule has 1 heterocycles. The minimum atomic E-state index is -1.83. The minimum Gasteiger partial charge on any atom is -0.490 e. The van der Waals surface area contributed by atoms with Gasteiger partial charge in [-0.1, -0.05) is 41.4 Å². The maximum absolute atomic E-state index is 12.8. The van der Waals surface area contributed by atoms with Crippen molar-refractivity contribution >= 4 is 40.6 Å². The summed E-state index contributed by atoms with van der Waals surface area (Å²) in [4.78, 5) is 25.8. The Balaban J connectivity index is 1.78. The van der Waals surface area contributed by atoms with E-state index in [9.17, 15) is 14.7 Å². The van der Waals surface area contributed by atoms with Crippen LogP contribution in [0.4, 0.5) is 5.69 Å². The highest BCUT2D eigenvalue weighted by molar-refractivity contribution is 6.35. The van der Waals surface area contributed by atoms with Crippen LogP contribution in [-0.2, 0) is 15.2 Å². The molecule has 26 heavy (non-hydrogen) atoms. The van der Waals surface area contributed by atoms with Gasteiger partial charge in [-0.05, 0) is 31.2 Å². The fourth-order valence-electron chi connectivity index (χ4n) is 3.10. The van der Waals surface area contributed by atoms with Crippen molar-refractivity contribution in [3.05, 3.63) is 58.1 Å². The monoisotopic (exact) mass is 393 g/mol. The third kappa shape index (κ3) is 3.43. The molecule has 3 rings (SSSR count). The van der Waals surface area contributed by atoms with Crippen molar-refractivity contribution in [2.75, 3.05) is 18.1 Å². The maximum Gasteiger partial charge on any atom is 0.264 e. The predicted molar refractivity (Wildman–Crippen MR) is 99.9 cm³/mol. The molecule has 0 unspecified atom stereocenters. The number of fused-ring (bicyclic) bond motifs is 1.